The van der Waals surface area contributed by atoms with Gasteiger partial charge in [-0.2, -0.15) is 26.3 Å². The van der Waals surface area contributed by atoms with Crippen LogP contribution in [0.4, 0.5) is 55.3 Å². The van der Waals surface area contributed by atoms with Gasteiger partial charge in [-0.15, -0.1) is 12.1 Å². The Morgan fingerprint density at radius 3 is 1.16 bits per heavy atom. The van der Waals surface area contributed by atoms with Gasteiger partial charge in [0.1, 0.15) is 0 Å². The Labute approximate surface area is 290 Å². The number of alkyl halides is 6. The Morgan fingerprint density at radius 2 is 0.878 bits per heavy atom. The third-order valence-corrected chi connectivity index (χ3v) is 8.52. The summed E-state index contributed by atoms with van der Waals surface area (Å²) < 4.78 is 150. The molecule has 4 nitrogen and oxygen atoms in total. The van der Waals surface area contributed by atoms with Gasteiger partial charge in [0.15, 0.2) is 0 Å². The van der Waals surface area contributed by atoms with Crippen molar-refractivity contribution in [3.05, 3.63) is 93.3 Å². The molecule has 5 rings (SSSR count). The molecule has 0 unspecified atom stereocenters. The second-order valence-corrected chi connectivity index (χ2v) is 13.0. The molecule has 0 fully saturated rings. The van der Waals surface area contributed by atoms with Gasteiger partial charge in [0.05, 0.1) is 23.3 Å². The molecule has 0 radical (unpaired) electrons. The molecule has 0 spiro atoms. The molecule has 49 heavy (non-hydrogen) atoms. The molecule has 0 saturated carbocycles. The van der Waals surface area contributed by atoms with E-state index in [1.165, 1.54) is 12.1 Å². The molecule has 264 valence electrons. The topological polar surface area (TPSA) is 32.3 Å². The predicted octanol–water partition coefficient (Wildman–Crippen LogP) is 9.10. The van der Waals surface area contributed by atoms with Crippen molar-refractivity contribution < 1.29 is 65.0 Å². The summed E-state index contributed by atoms with van der Waals surface area (Å²) in [5.41, 5.74) is -12.8. The molecule has 3 heterocycles. The molecule has 0 aliphatic carbocycles. The van der Waals surface area contributed by atoms with Crippen LogP contribution in [0.1, 0.15) is 61.3 Å². The van der Waals surface area contributed by atoms with Gasteiger partial charge in [0.25, 0.3) is 0 Å². The van der Waals surface area contributed by atoms with Gasteiger partial charge in [-0.1, -0.05) is 48.2 Å². The third-order valence-electron chi connectivity index (χ3n) is 8.52. The summed E-state index contributed by atoms with van der Waals surface area (Å²) >= 11 is 0. The first-order valence-electron chi connectivity index (χ1n) is 14.3. The maximum absolute atomic E-state index is 16.0. The summed E-state index contributed by atoms with van der Waals surface area (Å²) in [5.74, 6) is -8.66. The number of pyridine rings is 2. The molecular formula is C34H28F10N4Pt. The van der Waals surface area contributed by atoms with Gasteiger partial charge in [-0.25, -0.2) is 0 Å². The first-order valence-corrected chi connectivity index (χ1v) is 14.3. The number of aromatic nitrogens is 2. The first kappa shape index (κ1) is 38.1. The Morgan fingerprint density at radius 1 is 0.551 bits per heavy atom. The summed E-state index contributed by atoms with van der Waals surface area (Å²) in [6.45, 7) is 4.99. The van der Waals surface area contributed by atoms with E-state index < -0.39 is 91.2 Å². The van der Waals surface area contributed by atoms with E-state index in [1.54, 1.807) is 64.0 Å². The van der Waals surface area contributed by atoms with Crippen LogP contribution < -0.4 is 9.80 Å². The van der Waals surface area contributed by atoms with Crippen LogP contribution in [0.2, 0.25) is 0 Å². The van der Waals surface area contributed by atoms with Crippen LogP contribution in [0.15, 0.2) is 24.3 Å². The summed E-state index contributed by atoms with van der Waals surface area (Å²) in [4.78, 5) is 12.1. The number of nitrogens with zero attached hydrogens (tertiary/aromatic N) is 4. The van der Waals surface area contributed by atoms with Crippen molar-refractivity contribution in [3.63, 3.8) is 0 Å². The van der Waals surface area contributed by atoms with Gasteiger partial charge in [0, 0.05) is 67.5 Å². The van der Waals surface area contributed by atoms with Crippen molar-refractivity contribution in [1.82, 2.24) is 9.97 Å². The van der Waals surface area contributed by atoms with E-state index in [9.17, 15) is 26.3 Å². The van der Waals surface area contributed by atoms with Crippen LogP contribution >= 0.6 is 0 Å². The standard InChI is InChI=1S/C34H28F10N4.Pt/c1-31(2)19-13-17(27(35)25(29(19)37)33(39,40)41)21-9-15(47(5)6)11-23(45-21)32(3,4)24-12-16(48(7)8)10-22(46-24)18-14-20(31)30(38)26(28(18)36)34(42,43)44;/h9-12H,1-8H3;/q-2;+2. The normalized spacial score (nSPS) is 14.9. The third kappa shape index (κ3) is 6.29. The van der Waals surface area contributed by atoms with E-state index in [0.717, 1.165) is 13.8 Å². The molecule has 2 aromatic carbocycles. The van der Waals surface area contributed by atoms with Gasteiger partial charge >= 0.3 is 33.4 Å². The Hall–Kier alpha value is -3.67. The molecule has 1 aliphatic heterocycles. The fourth-order valence-electron chi connectivity index (χ4n) is 5.58. The van der Waals surface area contributed by atoms with Gasteiger partial charge in [0.2, 0.25) is 0 Å². The molecule has 0 atom stereocenters. The molecule has 1 aliphatic rings. The van der Waals surface area contributed by atoms with Crippen LogP contribution in [0.3, 0.4) is 0 Å². The van der Waals surface area contributed by atoms with Crippen LogP contribution in [0, 0.1) is 35.4 Å². The molecule has 15 heteroatoms. The van der Waals surface area contributed by atoms with Crippen LogP contribution in [0.25, 0.3) is 22.5 Å². The van der Waals surface area contributed by atoms with Crippen LogP contribution in [-0.2, 0) is 44.2 Å². The summed E-state index contributed by atoms with van der Waals surface area (Å²) in [6, 6.07) is 10.1. The quantitative estimate of drug-likeness (QED) is 0.149. The molecule has 0 N–H and O–H groups in total. The van der Waals surface area contributed by atoms with E-state index >= 15 is 17.6 Å². The maximum Gasteiger partial charge on any atom is 2.00 e. The SMILES string of the molecule is CN(C)c1cc2nc(c1)C(C)(C)c1cc(N(C)C)cc(n1)-c1[c-]c(c(F)c(C(F)(F)F)c1F)C(C)(C)c1[c-]c-2c(F)c(C(F)(F)F)c1F.[Pt+2]. The van der Waals surface area contributed by atoms with E-state index in [1.807, 2.05) is 0 Å². The first-order chi connectivity index (χ1) is 21.9. The molecule has 2 aromatic heterocycles. The Kier molecular flexibility index (Phi) is 9.56. The van der Waals surface area contributed by atoms with Gasteiger partial charge < -0.3 is 19.8 Å². The van der Waals surface area contributed by atoms with Crippen molar-refractivity contribution in [2.75, 3.05) is 38.0 Å². The number of fused-ring (bicyclic) bond motifs is 10. The number of hydrogen-bond acceptors (Lipinski definition) is 4. The monoisotopic (exact) mass is 877 g/mol. The fraction of sp³-hybridized carbons (Fsp3) is 0.353. The zero-order chi connectivity index (χ0) is 36.0. The van der Waals surface area contributed by atoms with Crippen molar-refractivity contribution in [1.29, 1.82) is 0 Å². The van der Waals surface area contributed by atoms with E-state index in [4.69, 9.17) is 0 Å². The maximum atomic E-state index is 16.0. The fourth-order valence-corrected chi connectivity index (χ4v) is 5.58. The van der Waals surface area contributed by atoms with Gasteiger partial charge in [-0.3, -0.25) is 17.6 Å². The number of halogens is 10. The molecule has 0 amide bonds. The van der Waals surface area contributed by atoms with Crippen molar-refractivity contribution in [3.8, 4) is 22.5 Å². The van der Waals surface area contributed by atoms with Crippen molar-refractivity contribution in [2.24, 2.45) is 0 Å². The largest absolute Gasteiger partial charge is 2.00 e. The van der Waals surface area contributed by atoms with Crippen LogP contribution in [-0.4, -0.2) is 38.2 Å². The minimum atomic E-state index is -5.66. The Balaban J connectivity index is 0.00000541. The molecule has 4 aromatic rings. The molecule has 8 bridgehead atoms. The zero-order valence-corrected chi connectivity index (χ0v) is 29.5. The molecule has 0 saturated heterocycles. The van der Waals surface area contributed by atoms with Crippen molar-refractivity contribution >= 4 is 11.4 Å². The number of hydrogen-bond donors (Lipinski definition) is 0. The average Bonchev–Trinajstić information content (AvgIpc) is 2.94. The Bertz CT molecular complexity index is 1830. The summed E-state index contributed by atoms with van der Waals surface area (Å²) in [7, 11) is 6.40. The number of anilines is 2. The van der Waals surface area contributed by atoms with Gasteiger partial charge in [-0.05, 0) is 42.8 Å². The summed E-state index contributed by atoms with van der Waals surface area (Å²) in [5, 5.41) is 0. The zero-order valence-electron chi connectivity index (χ0n) is 27.2. The smallest absolute Gasteiger partial charge is 0.378 e. The second-order valence-electron chi connectivity index (χ2n) is 13.0. The second kappa shape index (κ2) is 12.3. The molecular weight excluding hydrogens is 849 g/mol. The van der Waals surface area contributed by atoms with E-state index in [-0.39, 0.29) is 32.5 Å². The van der Waals surface area contributed by atoms with E-state index in [0.29, 0.717) is 11.4 Å². The van der Waals surface area contributed by atoms with Crippen LogP contribution in [0.5, 0.6) is 0 Å². The minimum absolute atomic E-state index is 0. The predicted molar refractivity (Wildman–Crippen MR) is 160 cm³/mol. The van der Waals surface area contributed by atoms with Crippen molar-refractivity contribution in [2.45, 2.75) is 50.9 Å². The number of rotatable bonds is 2. The number of benzene rings is 2. The average molecular weight is 878 g/mol. The van der Waals surface area contributed by atoms with E-state index in [2.05, 4.69) is 22.1 Å². The summed E-state index contributed by atoms with van der Waals surface area (Å²) in [6.07, 6.45) is -11.3. The minimum Gasteiger partial charge on any atom is -0.378 e.